The van der Waals surface area contributed by atoms with E-state index in [2.05, 4.69) is 5.32 Å². The SMILES string of the molecule is CCOCC(=O)N[C@H](CC[S@@](=O)c1ccccc1)C(=O)O. The zero-order chi connectivity index (χ0) is 15.7. The van der Waals surface area contributed by atoms with E-state index in [1.807, 2.05) is 6.07 Å². The van der Waals surface area contributed by atoms with Crippen molar-refractivity contribution in [2.24, 2.45) is 0 Å². The average Bonchev–Trinajstić information content (AvgIpc) is 2.49. The van der Waals surface area contributed by atoms with Gasteiger partial charge in [-0.05, 0) is 25.5 Å². The maximum absolute atomic E-state index is 12.0. The molecule has 0 heterocycles. The molecular weight excluding hydrogens is 294 g/mol. The van der Waals surface area contributed by atoms with E-state index < -0.39 is 28.7 Å². The number of carbonyl (C=O) groups is 2. The summed E-state index contributed by atoms with van der Waals surface area (Å²) in [4.78, 5) is 23.2. The van der Waals surface area contributed by atoms with E-state index in [1.165, 1.54) is 0 Å². The number of hydrogen-bond acceptors (Lipinski definition) is 4. The molecule has 0 aliphatic heterocycles. The van der Waals surface area contributed by atoms with Crippen LogP contribution in [-0.2, 0) is 25.1 Å². The molecule has 1 rings (SSSR count). The van der Waals surface area contributed by atoms with Crippen molar-refractivity contribution in [3.8, 4) is 0 Å². The van der Waals surface area contributed by atoms with Crippen LogP contribution in [0.4, 0.5) is 0 Å². The lowest BCUT2D eigenvalue weighted by molar-refractivity contribution is -0.142. The molecule has 0 unspecified atom stereocenters. The Bertz CT molecular complexity index is 491. The molecule has 0 fully saturated rings. The lowest BCUT2D eigenvalue weighted by atomic mass is 10.2. The van der Waals surface area contributed by atoms with Gasteiger partial charge in [0.2, 0.25) is 5.91 Å². The van der Waals surface area contributed by atoms with E-state index in [-0.39, 0.29) is 18.8 Å². The molecular formula is C14H19NO5S. The number of ether oxygens (including phenoxy) is 1. The summed E-state index contributed by atoms with van der Waals surface area (Å²) in [6.45, 7) is 1.94. The third kappa shape index (κ3) is 6.50. The second-order valence-electron chi connectivity index (χ2n) is 4.25. The van der Waals surface area contributed by atoms with Gasteiger partial charge >= 0.3 is 5.97 Å². The molecule has 0 radical (unpaired) electrons. The fourth-order valence-electron chi connectivity index (χ4n) is 1.60. The maximum atomic E-state index is 12.0. The first-order chi connectivity index (χ1) is 10.0. The second-order valence-corrected chi connectivity index (χ2v) is 5.82. The predicted molar refractivity (Wildman–Crippen MR) is 78.4 cm³/mol. The highest BCUT2D eigenvalue weighted by molar-refractivity contribution is 7.85. The van der Waals surface area contributed by atoms with Gasteiger partial charge in [-0.25, -0.2) is 4.79 Å². The van der Waals surface area contributed by atoms with Crippen molar-refractivity contribution >= 4 is 22.7 Å². The van der Waals surface area contributed by atoms with E-state index in [1.54, 1.807) is 31.2 Å². The average molecular weight is 313 g/mol. The lowest BCUT2D eigenvalue weighted by Gasteiger charge is -2.14. The largest absolute Gasteiger partial charge is 0.480 e. The molecule has 6 nitrogen and oxygen atoms in total. The number of hydrogen-bond donors (Lipinski definition) is 2. The first kappa shape index (κ1) is 17.3. The Hall–Kier alpha value is -1.73. The molecule has 0 saturated carbocycles. The summed E-state index contributed by atoms with van der Waals surface area (Å²) in [7, 11) is -1.29. The van der Waals surface area contributed by atoms with Gasteiger partial charge in [0, 0.05) is 17.3 Å². The molecule has 0 bridgehead atoms. The highest BCUT2D eigenvalue weighted by Crippen LogP contribution is 2.08. The summed E-state index contributed by atoms with van der Waals surface area (Å²) in [6.07, 6.45) is 0.0920. The van der Waals surface area contributed by atoms with Crippen molar-refractivity contribution in [3.63, 3.8) is 0 Å². The standard InChI is InChI=1S/C14H19NO5S/c1-2-20-10-13(16)15-12(14(17)18)8-9-21(19)11-6-4-3-5-7-11/h3-7,12H,2,8-10H2,1H3,(H,15,16)(H,17,18)/t12-,21-/m1/s1. The summed E-state index contributed by atoms with van der Waals surface area (Å²) in [6, 6.07) is 7.73. The van der Waals surface area contributed by atoms with Crippen LogP contribution in [0.25, 0.3) is 0 Å². The molecule has 1 aromatic carbocycles. The number of rotatable bonds is 9. The van der Waals surface area contributed by atoms with Gasteiger partial charge in [0.25, 0.3) is 0 Å². The van der Waals surface area contributed by atoms with Crippen LogP contribution in [0.15, 0.2) is 35.2 Å². The van der Waals surface area contributed by atoms with Crippen molar-refractivity contribution < 1.29 is 23.6 Å². The van der Waals surface area contributed by atoms with Crippen molar-refractivity contribution in [1.82, 2.24) is 5.32 Å². The van der Waals surface area contributed by atoms with Gasteiger partial charge in [-0.1, -0.05) is 18.2 Å². The molecule has 2 N–H and O–H groups in total. The Morgan fingerprint density at radius 1 is 1.33 bits per heavy atom. The monoisotopic (exact) mass is 313 g/mol. The van der Waals surface area contributed by atoms with Gasteiger partial charge in [-0.3, -0.25) is 9.00 Å². The first-order valence-corrected chi connectivity index (χ1v) is 7.89. The molecule has 1 amide bonds. The fourth-order valence-corrected chi connectivity index (χ4v) is 2.75. The summed E-state index contributed by atoms with van der Waals surface area (Å²) in [5.41, 5.74) is 0. The smallest absolute Gasteiger partial charge is 0.326 e. The third-order valence-electron chi connectivity index (χ3n) is 2.67. The van der Waals surface area contributed by atoms with Gasteiger partial charge in [-0.15, -0.1) is 0 Å². The third-order valence-corrected chi connectivity index (χ3v) is 4.07. The zero-order valence-electron chi connectivity index (χ0n) is 11.8. The maximum Gasteiger partial charge on any atom is 0.326 e. The number of carbonyl (C=O) groups excluding carboxylic acids is 1. The number of benzene rings is 1. The van der Waals surface area contributed by atoms with Gasteiger partial charge < -0.3 is 15.2 Å². The number of nitrogens with one attached hydrogen (secondary N) is 1. The zero-order valence-corrected chi connectivity index (χ0v) is 12.6. The number of amides is 1. The second kappa shape index (κ2) is 9.25. The summed E-state index contributed by atoms with van der Waals surface area (Å²) in [5.74, 6) is -1.48. The molecule has 7 heteroatoms. The number of carboxylic acids is 1. The fraction of sp³-hybridized carbons (Fsp3) is 0.429. The highest BCUT2D eigenvalue weighted by atomic mass is 32.2. The first-order valence-electron chi connectivity index (χ1n) is 6.58. The van der Waals surface area contributed by atoms with Crippen LogP contribution < -0.4 is 5.32 Å². The molecule has 2 atom stereocenters. The predicted octanol–water partition coefficient (Wildman–Crippen LogP) is 0.790. The van der Waals surface area contributed by atoms with Gasteiger partial charge in [0.1, 0.15) is 12.6 Å². The number of aliphatic carboxylic acids is 1. The Morgan fingerprint density at radius 3 is 2.57 bits per heavy atom. The molecule has 0 aliphatic carbocycles. The van der Waals surface area contributed by atoms with E-state index in [0.29, 0.717) is 11.5 Å². The highest BCUT2D eigenvalue weighted by Gasteiger charge is 2.20. The van der Waals surface area contributed by atoms with E-state index in [0.717, 1.165) is 0 Å². The van der Waals surface area contributed by atoms with Crippen LogP contribution in [0.3, 0.4) is 0 Å². The molecule has 0 aromatic heterocycles. The number of carboxylic acid groups (broad SMARTS) is 1. The summed E-state index contributed by atoms with van der Waals surface area (Å²) >= 11 is 0. The van der Waals surface area contributed by atoms with Crippen LogP contribution in [0, 0.1) is 0 Å². The molecule has 0 aliphatic rings. The van der Waals surface area contributed by atoms with Crippen molar-refractivity contribution in [2.75, 3.05) is 19.0 Å². The Balaban J connectivity index is 2.50. The topological polar surface area (TPSA) is 92.7 Å². The molecule has 21 heavy (non-hydrogen) atoms. The Kier molecular flexibility index (Phi) is 7.63. The van der Waals surface area contributed by atoms with Gasteiger partial charge in [0.15, 0.2) is 0 Å². The van der Waals surface area contributed by atoms with Crippen LogP contribution in [0.2, 0.25) is 0 Å². The minimum Gasteiger partial charge on any atom is -0.480 e. The minimum atomic E-state index is -1.29. The van der Waals surface area contributed by atoms with Crippen molar-refractivity contribution in [3.05, 3.63) is 30.3 Å². The Labute approximate surface area is 126 Å². The summed E-state index contributed by atoms with van der Waals surface area (Å²) in [5, 5.41) is 11.4. The molecule has 1 aromatic rings. The van der Waals surface area contributed by atoms with Crippen LogP contribution in [0.1, 0.15) is 13.3 Å². The van der Waals surface area contributed by atoms with Gasteiger partial charge in [0.05, 0.1) is 10.8 Å². The van der Waals surface area contributed by atoms with Crippen LogP contribution in [0.5, 0.6) is 0 Å². The molecule has 0 saturated heterocycles. The van der Waals surface area contributed by atoms with Crippen LogP contribution >= 0.6 is 0 Å². The summed E-state index contributed by atoms with van der Waals surface area (Å²) < 4.78 is 16.9. The van der Waals surface area contributed by atoms with E-state index in [9.17, 15) is 13.8 Å². The van der Waals surface area contributed by atoms with Crippen molar-refractivity contribution in [1.29, 1.82) is 0 Å². The quantitative estimate of drug-likeness (QED) is 0.703. The normalized spacial score (nSPS) is 13.4. The van der Waals surface area contributed by atoms with E-state index >= 15 is 0 Å². The van der Waals surface area contributed by atoms with E-state index in [4.69, 9.17) is 9.84 Å². The minimum absolute atomic E-state index is 0.0920. The van der Waals surface area contributed by atoms with Gasteiger partial charge in [-0.2, -0.15) is 0 Å². The Morgan fingerprint density at radius 2 is 2.00 bits per heavy atom. The molecule has 0 spiro atoms. The van der Waals surface area contributed by atoms with Crippen LogP contribution in [-0.4, -0.2) is 46.2 Å². The van der Waals surface area contributed by atoms with Crippen molar-refractivity contribution in [2.45, 2.75) is 24.3 Å². The molecule has 116 valence electrons. The lowest BCUT2D eigenvalue weighted by Crippen LogP contribution is -2.43.